The maximum absolute atomic E-state index is 12.6. The van der Waals surface area contributed by atoms with E-state index < -0.39 is 11.7 Å². The predicted molar refractivity (Wildman–Crippen MR) is 97.9 cm³/mol. The van der Waals surface area contributed by atoms with Gasteiger partial charge in [-0.3, -0.25) is 0 Å². The molecule has 1 aliphatic rings. The number of halogens is 1. The molecule has 6 nitrogen and oxygen atoms in total. The van der Waals surface area contributed by atoms with Crippen molar-refractivity contribution in [1.82, 2.24) is 9.78 Å². The van der Waals surface area contributed by atoms with Crippen molar-refractivity contribution >= 4 is 28.6 Å². The molecule has 0 aliphatic carbocycles. The number of carbonyl (C=O) groups is 1. The molecule has 0 N–H and O–H groups in total. The number of fused-ring (bicyclic) bond motifs is 2. The SMILES string of the molecule is CC(C)(C)OC(=O)n1nc(-c2ccc3c(c2)OCO3)c2c(Cl)cccc21. The minimum Gasteiger partial charge on any atom is -0.454 e. The van der Waals surface area contributed by atoms with E-state index >= 15 is 0 Å². The zero-order chi connectivity index (χ0) is 18.5. The van der Waals surface area contributed by atoms with Crippen LogP contribution >= 0.6 is 11.6 Å². The van der Waals surface area contributed by atoms with Crippen LogP contribution in [0.25, 0.3) is 22.2 Å². The summed E-state index contributed by atoms with van der Waals surface area (Å²) in [5.41, 5.74) is 1.30. The van der Waals surface area contributed by atoms with Crippen molar-refractivity contribution < 1.29 is 19.0 Å². The average Bonchev–Trinajstić information content (AvgIpc) is 3.17. The van der Waals surface area contributed by atoms with Gasteiger partial charge in [-0.05, 0) is 51.1 Å². The molecule has 26 heavy (non-hydrogen) atoms. The van der Waals surface area contributed by atoms with Gasteiger partial charge < -0.3 is 14.2 Å². The van der Waals surface area contributed by atoms with Crippen LogP contribution in [0.4, 0.5) is 4.79 Å². The van der Waals surface area contributed by atoms with E-state index in [1.807, 2.05) is 39.0 Å². The van der Waals surface area contributed by atoms with Gasteiger partial charge in [0.15, 0.2) is 11.5 Å². The summed E-state index contributed by atoms with van der Waals surface area (Å²) >= 11 is 6.42. The highest BCUT2D eigenvalue weighted by molar-refractivity contribution is 6.36. The van der Waals surface area contributed by atoms with E-state index in [4.69, 9.17) is 25.8 Å². The van der Waals surface area contributed by atoms with Gasteiger partial charge >= 0.3 is 6.09 Å². The van der Waals surface area contributed by atoms with Crippen molar-refractivity contribution in [3.63, 3.8) is 0 Å². The lowest BCUT2D eigenvalue weighted by Crippen LogP contribution is -2.27. The fraction of sp³-hybridized carbons (Fsp3) is 0.263. The number of aromatic nitrogens is 2. The monoisotopic (exact) mass is 372 g/mol. The second-order valence-corrected chi connectivity index (χ2v) is 7.35. The first-order valence-corrected chi connectivity index (χ1v) is 8.52. The molecule has 7 heteroatoms. The lowest BCUT2D eigenvalue weighted by atomic mass is 10.1. The Labute approximate surface area is 155 Å². The van der Waals surface area contributed by atoms with E-state index in [1.165, 1.54) is 4.68 Å². The van der Waals surface area contributed by atoms with Crippen LogP contribution in [0.1, 0.15) is 20.8 Å². The molecule has 1 aliphatic heterocycles. The molecular weight excluding hydrogens is 356 g/mol. The summed E-state index contributed by atoms with van der Waals surface area (Å²) in [6, 6.07) is 10.8. The lowest BCUT2D eigenvalue weighted by Gasteiger charge is -2.19. The van der Waals surface area contributed by atoms with Gasteiger partial charge in [0.2, 0.25) is 6.79 Å². The average molecular weight is 373 g/mol. The molecule has 0 radical (unpaired) electrons. The molecule has 2 heterocycles. The Morgan fingerprint density at radius 1 is 1.19 bits per heavy atom. The fourth-order valence-corrected chi connectivity index (χ4v) is 3.08. The predicted octanol–water partition coefficient (Wildman–Crippen LogP) is 4.87. The third kappa shape index (κ3) is 2.86. The molecule has 0 bridgehead atoms. The molecule has 0 unspecified atom stereocenters. The quantitative estimate of drug-likeness (QED) is 0.609. The molecule has 0 amide bonds. The summed E-state index contributed by atoms with van der Waals surface area (Å²) < 4.78 is 17.5. The van der Waals surface area contributed by atoms with Crippen molar-refractivity contribution in [2.75, 3.05) is 6.79 Å². The first-order chi connectivity index (χ1) is 12.3. The zero-order valence-electron chi connectivity index (χ0n) is 14.6. The first kappa shape index (κ1) is 16.7. The van der Waals surface area contributed by atoms with Crippen LogP contribution < -0.4 is 9.47 Å². The number of ether oxygens (including phenoxy) is 3. The van der Waals surface area contributed by atoms with E-state index in [9.17, 15) is 4.79 Å². The Kier molecular flexibility index (Phi) is 3.80. The van der Waals surface area contributed by atoms with Gasteiger partial charge in [0.25, 0.3) is 0 Å². The third-order valence-electron chi connectivity index (χ3n) is 3.87. The number of hydrogen-bond donors (Lipinski definition) is 0. The lowest BCUT2D eigenvalue weighted by molar-refractivity contribution is 0.0523. The van der Waals surface area contributed by atoms with Crippen LogP contribution in [0.5, 0.6) is 11.5 Å². The van der Waals surface area contributed by atoms with E-state index in [0.29, 0.717) is 33.1 Å². The Morgan fingerprint density at radius 2 is 1.96 bits per heavy atom. The Hall–Kier alpha value is -2.73. The van der Waals surface area contributed by atoms with Crippen LogP contribution in [0, 0.1) is 0 Å². The third-order valence-corrected chi connectivity index (χ3v) is 4.18. The molecule has 0 atom stereocenters. The highest BCUT2D eigenvalue weighted by Crippen LogP contribution is 2.39. The summed E-state index contributed by atoms with van der Waals surface area (Å²) in [4.78, 5) is 12.6. The molecule has 0 saturated heterocycles. The molecule has 0 fully saturated rings. The van der Waals surface area contributed by atoms with Gasteiger partial charge in [0, 0.05) is 10.9 Å². The molecule has 2 aromatic carbocycles. The second kappa shape index (κ2) is 5.92. The van der Waals surface area contributed by atoms with Crippen molar-refractivity contribution in [2.24, 2.45) is 0 Å². The number of hydrogen-bond acceptors (Lipinski definition) is 5. The standard InChI is InChI=1S/C19H17ClN2O4/c1-19(2,3)26-18(23)22-13-6-4-5-12(20)16(13)17(21-22)11-7-8-14-15(9-11)25-10-24-14/h4-9H,10H2,1-3H3. The highest BCUT2D eigenvalue weighted by Gasteiger charge is 2.24. The van der Waals surface area contributed by atoms with Gasteiger partial charge in [-0.25, -0.2) is 4.79 Å². The van der Waals surface area contributed by atoms with Crippen LogP contribution in [-0.4, -0.2) is 28.3 Å². The van der Waals surface area contributed by atoms with Crippen LogP contribution in [0.3, 0.4) is 0 Å². The van der Waals surface area contributed by atoms with Crippen molar-refractivity contribution in [2.45, 2.75) is 26.4 Å². The topological polar surface area (TPSA) is 62.6 Å². The molecule has 134 valence electrons. The molecule has 1 aromatic heterocycles. The zero-order valence-corrected chi connectivity index (χ0v) is 15.3. The second-order valence-electron chi connectivity index (χ2n) is 6.94. The largest absolute Gasteiger partial charge is 0.454 e. The van der Waals surface area contributed by atoms with Crippen LogP contribution in [0.15, 0.2) is 36.4 Å². The Bertz CT molecular complexity index is 1020. The van der Waals surface area contributed by atoms with Crippen molar-refractivity contribution in [1.29, 1.82) is 0 Å². The maximum Gasteiger partial charge on any atom is 0.435 e. The first-order valence-electron chi connectivity index (χ1n) is 8.14. The van der Waals surface area contributed by atoms with Crippen molar-refractivity contribution in [3.8, 4) is 22.8 Å². The van der Waals surface area contributed by atoms with Gasteiger partial charge in [0.05, 0.1) is 10.5 Å². The summed E-state index contributed by atoms with van der Waals surface area (Å²) in [5, 5.41) is 5.68. The Morgan fingerprint density at radius 3 is 2.73 bits per heavy atom. The van der Waals surface area contributed by atoms with Crippen molar-refractivity contribution in [3.05, 3.63) is 41.4 Å². The smallest absolute Gasteiger partial charge is 0.435 e. The van der Waals surface area contributed by atoms with Crippen LogP contribution in [-0.2, 0) is 4.74 Å². The van der Waals surface area contributed by atoms with E-state index in [0.717, 1.165) is 5.56 Å². The molecule has 0 spiro atoms. The maximum atomic E-state index is 12.6. The minimum absolute atomic E-state index is 0.187. The fourth-order valence-electron chi connectivity index (χ4n) is 2.82. The van der Waals surface area contributed by atoms with Gasteiger partial charge in [-0.1, -0.05) is 17.7 Å². The summed E-state index contributed by atoms with van der Waals surface area (Å²) in [5.74, 6) is 1.31. The van der Waals surface area contributed by atoms with Gasteiger partial charge in [-0.2, -0.15) is 9.78 Å². The number of benzene rings is 2. The number of carbonyl (C=O) groups excluding carboxylic acids is 1. The number of rotatable bonds is 1. The van der Waals surface area contributed by atoms with Crippen LogP contribution in [0.2, 0.25) is 5.02 Å². The van der Waals surface area contributed by atoms with E-state index in [2.05, 4.69) is 5.10 Å². The molecule has 4 rings (SSSR count). The van der Waals surface area contributed by atoms with Gasteiger partial charge in [0.1, 0.15) is 11.3 Å². The van der Waals surface area contributed by atoms with E-state index in [-0.39, 0.29) is 6.79 Å². The normalized spacial score (nSPS) is 13.2. The summed E-state index contributed by atoms with van der Waals surface area (Å²) in [6.07, 6.45) is -0.559. The molecule has 0 saturated carbocycles. The number of nitrogens with zero attached hydrogens (tertiary/aromatic N) is 2. The van der Waals surface area contributed by atoms with E-state index in [1.54, 1.807) is 18.2 Å². The molecule has 3 aromatic rings. The minimum atomic E-state index is -0.632. The highest BCUT2D eigenvalue weighted by atomic mass is 35.5. The molecular formula is C19H17ClN2O4. The van der Waals surface area contributed by atoms with Gasteiger partial charge in [-0.15, -0.1) is 0 Å². The summed E-state index contributed by atoms with van der Waals surface area (Å²) in [7, 11) is 0. The summed E-state index contributed by atoms with van der Waals surface area (Å²) in [6.45, 7) is 5.61. The Balaban J connectivity index is 1.89.